The Hall–Kier alpha value is -3.27. The van der Waals surface area contributed by atoms with Gasteiger partial charge in [0.1, 0.15) is 12.3 Å². The molecule has 8 nitrogen and oxygen atoms in total. The second-order valence-electron chi connectivity index (χ2n) is 7.10. The van der Waals surface area contributed by atoms with E-state index in [1.807, 2.05) is 0 Å². The van der Waals surface area contributed by atoms with Crippen molar-refractivity contribution in [1.82, 2.24) is 0 Å². The lowest BCUT2D eigenvalue weighted by atomic mass is 10.2. The first-order chi connectivity index (χ1) is 16.7. The van der Waals surface area contributed by atoms with Crippen molar-refractivity contribution in [2.75, 3.05) is 29.9 Å². The lowest BCUT2D eigenvalue weighted by Crippen LogP contribution is -2.38. The summed E-state index contributed by atoms with van der Waals surface area (Å²) in [6, 6.07) is 16.3. The zero-order chi connectivity index (χ0) is 25.6. The number of halogens is 2. The molecule has 3 rings (SSSR count). The first-order valence-electron chi connectivity index (χ1n) is 10.3. The molecule has 0 spiro atoms. The van der Waals surface area contributed by atoms with Crippen molar-refractivity contribution in [1.29, 1.82) is 0 Å². The first-order valence-corrected chi connectivity index (χ1v) is 12.5. The lowest BCUT2D eigenvalue weighted by molar-refractivity contribution is -0.114. The second-order valence-corrected chi connectivity index (χ2v) is 9.81. The predicted molar refractivity (Wildman–Crippen MR) is 135 cm³/mol. The quantitative estimate of drug-likeness (QED) is 0.385. The van der Waals surface area contributed by atoms with Crippen LogP contribution in [0.4, 0.5) is 11.4 Å². The molecule has 0 fully saturated rings. The fourth-order valence-electron chi connectivity index (χ4n) is 3.16. The minimum Gasteiger partial charge on any atom is -0.495 e. The van der Waals surface area contributed by atoms with Gasteiger partial charge < -0.3 is 14.8 Å². The van der Waals surface area contributed by atoms with Gasteiger partial charge in [0.2, 0.25) is 5.91 Å². The van der Waals surface area contributed by atoms with Crippen LogP contribution in [0.3, 0.4) is 0 Å². The van der Waals surface area contributed by atoms with Gasteiger partial charge in [-0.3, -0.25) is 9.10 Å². The molecular weight excluding hydrogens is 515 g/mol. The first kappa shape index (κ1) is 26.3. The number of nitrogens with one attached hydrogen (secondary N) is 1. The summed E-state index contributed by atoms with van der Waals surface area (Å²) in [6.45, 7) is 1.27. The minimum absolute atomic E-state index is 0.0216. The van der Waals surface area contributed by atoms with E-state index in [1.165, 1.54) is 49.6 Å². The lowest BCUT2D eigenvalue weighted by Gasteiger charge is -2.26. The highest BCUT2D eigenvalue weighted by molar-refractivity contribution is 7.92. The van der Waals surface area contributed by atoms with Gasteiger partial charge in [0.05, 0.1) is 40.6 Å². The van der Waals surface area contributed by atoms with Gasteiger partial charge in [0.15, 0.2) is 0 Å². The highest BCUT2D eigenvalue weighted by Crippen LogP contribution is 2.35. The molecule has 0 atom stereocenters. The number of benzene rings is 3. The molecule has 1 N–H and O–H groups in total. The predicted octanol–water partition coefficient (Wildman–Crippen LogP) is 5.01. The van der Waals surface area contributed by atoms with Gasteiger partial charge in [-0.15, -0.1) is 0 Å². The molecule has 11 heteroatoms. The summed E-state index contributed by atoms with van der Waals surface area (Å²) in [4.78, 5) is 24.9. The molecule has 35 heavy (non-hydrogen) atoms. The molecule has 0 saturated carbocycles. The van der Waals surface area contributed by atoms with E-state index in [0.29, 0.717) is 0 Å². The van der Waals surface area contributed by atoms with Crippen molar-refractivity contribution >= 4 is 56.5 Å². The van der Waals surface area contributed by atoms with Crippen LogP contribution in [0.25, 0.3) is 0 Å². The van der Waals surface area contributed by atoms with E-state index in [-0.39, 0.29) is 44.2 Å². The molecule has 0 bridgehead atoms. The van der Waals surface area contributed by atoms with Crippen LogP contribution < -0.4 is 14.4 Å². The topological polar surface area (TPSA) is 102 Å². The Morgan fingerprint density at radius 3 is 2.34 bits per heavy atom. The molecule has 0 radical (unpaired) electrons. The summed E-state index contributed by atoms with van der Waals surface area (Å²) >= 11 is 12.4. The van der Waals surface area contributed by atoms with Crippen LogP contribution in [0.15, 0.2) is 71.6 Å². The van der Waals surface area contributed by atoms with Crippen molar-refractivity contribution in [3.05, 3.63) is 82.3 Å². The van der Waals surface area contributed by atoms with E-state index in [4.69, 9.17) is 32.7 Å². The number of ether oxygens (including phenoxy) is 2. The number of amides is 1. The number of carbonyl (C=O) groups is 2. The second kappa shape index (κ2) is 11.4. The maximum Gasteiger partial charge on any atom is 0.338 e. The van der Waals surface area contributed by atoms with E-state index in [1.54, 1.807) is 31.2 Å². The number of hydrogen-bond acceptors (Lipinski definition) is 6. The van der Waals surface area contributed by atoms with Crippen molar-refractivity contribution in [3.8, 4) is 5.75 Å². The standard InChI is InChI=1S/C24H22Cl2N2O6S/c1-3-34-24(30)16-9-11-20(19(26)13-16)27-23(29)15-28(21-14-17(25)10-12-22(21)33-2)35(31,32)18-7-5-4-6-8-18/h4-14H,3,15H2,1-2H3,(H,27,29). The fraction of sp³-hybridized carbons (Fsp3) is 0.167. The molecule has 0 saturated heterocycles. The molecule has 3 aromatic carbocycles. The maximum absolute atomic E-state index is 13.5. The number of sulfonamides is 1. The number of esters is 1. The van der Waals surface area contributed by atoms with Gasteiger partial charge in [-0.1, -0.05) is 41.4 Å². The number of nitrogens with zero attached hydrogens (tertiary/aromatic N) is 1. The van der Waals surface area contributed by atoms with Gasteiger partial charge in [-0.2, -0.15) is 0 Å². The normalized spacial score (nSPS) is 11.0. The van der Waals surface area contributed by atoms with E-state index in [2.05, 4.69) is 5.32 Å². The van der Waals surface area contributed by atoms with Crippen LogP contribution in [0.5, 0.6) is 5.75 Å². The summed E-state index contributed by atoms with van der Waals surface area (Å²) in [5.41, 5.74) is 0.495. The van der Waals surface area contributed by atoms with Gasteiger partial charge in [0.25, 0.3) is 10.0 Å². The molecule has 3 aromatic rings. The molecule has 0 aliphatic rings. The zero-order valence-electron chi connectivity index (χ0n) is 18.8. The van der Waals surface area contributed by atoms with Crippen LogP contribution in [0, 0.1) is 0 Å². The summed E-state index contributed by atoms with van der Waals surface area (Å²) in [5.74, 6) is -1.03. The van der Waals surface area contributed by atoms with Crippen LogP contribution in [-0.2, 0) is 19.6 Å². The minimum atomic E-state index is -4.19. The van der Waals surface area contributed by atoms with Gasteiger partial charge in [-0.25, -0.2) is 13.2 Å². The van der Waals surface area contributed by atoms with Crippen molar-refractivity contribution in [2.45, 2.75) is 11.8 Å². The van der Waals surface area contributed by atoms with E-state index in [0.717, 1.165) is 4.31 Å². The Morgan fingerprint density at radius 2 is 1.71 bits per heavy atom. The third kappa shape index (κ3) is 6.25. The molecule has 0 unspecified atom stereocenters. The van der Waals surface area contributed by atoms with Gasteiger partial charge in [-0.05, 0) is 55.5 Å². The third-order valence-corrected chi connectivity index (χ3v) is 7.10. The number of anilines is 2. The maximum atomic E-state index is 13.5. The van der Waals surface area contributed by atoms with Crippen LogP contribution in [0.2, 0.25) is 10.0 Å². The SMILES string of the molecule is CCOC(=O)c1ccc(NC(=O)CN(c2cc(Cl)ccc2OC)S(=O)(=O)c2ccccc2)c(Cl)c1. The summed E-state index contributed by atoms with van der Waals surface area (Å²) in [5, 5.41) is 2.92. The average Bonchev–Trinajstić information content (AvgIpc) is 2.84. The van der Waals surface area contributed by atoms with Crippen molar-refractivity contribution < 1.29 is 27.5 Å². The van der Waals surface area contributed by atoms with Crippen molar-refractivity contribution in [3.63, 3.8) is 0 Å². The largest absolute Gasteiger partial charge is 0.495 e. The van der Waals surface area contributed by atoms with E-state index >= 15 is 0 Å². The summed E-state index contributed by atoms with van der Waals surface area (Å²) < 4.78 is 38.2. The molecule has 0 aliphatic heterocycles. The van der Waals surface area contributed by atoms with Gasteiger partial charge >= 0.3 is 5.97 Å². The smallest absolute Gasteiger partial charge is 0.338 e. The summed E-state index contributed by atoms with van der Waals surface area (Å²) in [6.07, 6.45) is 0. The zero-order valence-corrected chi connectivity index (χ0v) is 21.2. The van der Waals surface area contributed by atoms with Crippen molar-refractivity contribution in [2.24, 2.45) is 0 Å². The number of carbonyl (C=O) groups excluding carboxylic acids is 2. The van der Waals surface area contributed by atoms with Gasteiger partial charge in [0, 0.05) is 5.02 Å². The van der Waals surface area contributed by atoms with Crippen LogP contribution in [-0.4, -0.2) is 40.6 Å². The van der Waals surface area contributed by atoms with Crippen LogP contribution >= 0.6 is 23.2 Å². The highest BCUT2D eigenvalue weighted by atomic mass is 35.5. The fourth-order valence-corrected chi connectivity index (χ4v) is 4.99. The molecular formula is C24H22Cl2N2O6S. The molecule has 1 amide bonds. The van der Waals surface area contributed by atoms with E-state index < -0.39 is 28.4 Å². The molecule has 0 heterocycles. The Morgan fingerprint density at radius 1 is 1.00 bits per heavy atom. The number of methoxy groups -OCH3 is 1. The monoisotopic (exact) mass is 536 g/mol. The molecule has 184 valence electrons. The van der Waals surface area contributed by atoms with Crippen LogP contribution in [0.1, 0.15) is 17.3 Å². The third-order valence-electron chi connectivity index (χ3n) is 4.78. The van der Waals surface area contributed by atoms with E-state index in [9.17, 15) is 18.0 Å². The molecule has 0 aromatic heterocycles. The number of rotatable bonds is 9. The summed E-state index contributed by atoms with van der Waals surface area (Å²) in [7, 11) is -2.81. The molecule has 0 aliphatic carbocycles. The average molecular weight is 537 g/mol. The Labute approximate surface area is 213 Å². The Balaban J connectivity index is 1.95. The number of hydrogen-bond donors (Lipinski definition) is 1. The highest BCUT2D eigenvalue weighted by Gasteiger charge is 2.30. The Kier molecular flexibility index (Phi) is 8.61. The Bertz CT molecular complexity index is 1330.